The van der Waals surface area contributed by atoms with E-state index in [1.165, 1.54) is 12.3 Å². The Morgan fingerprint density at radius 1 is 1.55 bits per heavy atom. The number of hydrogen-bond donors (Lipinski definition) is 1. The minimum absolute atomic E-state index is 0.199. The summed E-state index contributed by atoms with van der Waals surface area (Å²) in [5.41, 5.74) is -1.04. The third kappa shape index (κ3) is 1.43. The number of aromatic amines is 1. The van der Waals surface area contributed by atoms with Gasteiger partial charge in [0.2, 0.25) is 0 Å². The van der Waals surface area contributed by atoms with Gasteiger partial charge < -0.3 is 9.78 Å². The second-order valence-corrected chi connectivity index (χ2v) is 1.90. The van der Waals surface area contributed by atoms with Crippen molar-refractivity contribution in [2.24, 2.45) is 0 Å². The van der Waals surface area contributed by atoms with Crippen molar-refractivity contribution in [3.63, 3.8) is 0 Å². The zero-order valence-corrected chi connectivity index (χ0v) is 5.61. The molecule has 0 unspecified atom stereocenters. The van der Waals surface area contributed by atoms with Gasteiger partial charge in [0.1, 0.15) is 6.29 Å². The highest BCUT2D eigenvalue weighted by molar-refractivity contribution is 5.48. The average Bonchev–Trinajstić information content (AvgIpc) is 1.97. The molecular weight excluding hydrogens is 148 g/mol. The number of H-pyrrole nitrogens is 1. The lowest BCUT2D eigenvalue weighted by atomic mass is 10.6. The van der Waals surface area contributed by atoms with Gasteiger partial charge in [-0.05, 0) is 0 Å². The van der Waals surface area contributed by atoms with Gasteiger partial charge in [-0.1, -0.05) is 0 Å². The molecule has 11 heavy (non-hydrogen) atoms. The predicted octanol–water partition coefficient (Wildman–Crippen LogP) is -1.26. The van der Waals surface area contributed by atoms with Crippen LogP contribution in [-0.2, 0) is 11.3 Å². The third-order valence-electron chi connectivity index (χ3n) is 1.20. The number of hydrogen-bond acceptors (Lipinski definition) is 3. The molecule has 0 radical (unpaired) electrons. The summed E-state index contributed by atoms with van der Waals surface area (Å²) in [6.45, 7) is -0.199. The van der Waals surface area contributed by atoms with Crippen molar-refractivity contribution in [1.82, 2.24) is 9.55 Å². The molecule has 0 fully saturated rings. The van der Waals surface area contributed by atoms with Crippen molar-refractivity contribution in [3.8, 4) is 0 Å². The van der Waals surface area contributed by atoms with Gasteiger partial charge in [0.05, 0.1) is 6.54 Å². The maximum Gasteiger partial charge on any atom is 0.328 e. The first-order valence-corrected chi connectivity index (χ1v) is 2.98. The van der Waals surface area contributed by atoms with Gasteiger partial charge in [-0.3, -0.25) is 9.36 Å². The van der Waals surface area contributed by atoms with Crippen LogP contribution in [0, 0.1) is 0 Å². The molecule has 0 amide bonds. The van der Waals surface area contributed by atoms with Crippen molar-refractivity contribution in [1.29, 1.82) is 0 Å². The largest absolute Gasteiger partial charge is 0.328 e. The first kappa shape index (κ1) is 7.46. The van der Waals surface area contributed by atoms with E-state index in [4.69, 9.17) is 0 Å². The number of aldehydes is 1. The average molecular weight is 154 g/mol. The van der Waals surface area contributed by atoms with Gasteiger partial charge in [0.15, 0.2) is 0 Å². The van der Waals surface area contributed by atoms with E-state index in [2.05, 4.69) is 4.98 Å². The first-order chi connectivity index (χ1) is 5.25. The Kier molecular flexibility index (Phi) is 2.00. The number of aromatic nitrogens is 2. The van der Waals surface area contributed by atoms with Crippen LogP contribution in [0.3, 0.4) is 0 Å². The molecule has 0 atom stereocenters. The summed E-state index contributed by atoms with van der Waals surface area (Å²) in [6, 6.07) is 1.19. The monoisotopic (exact) mass is 154 g/mol. The van der Waals surface area contributed by atoms with Gasteiger partial charge in [0, 0.05) is 12.3 Å². The molecule has 0 aliphatic rings. The van der Waals surface area contributed by atoms with Crippen LogP contribution in [0.2, 0.25) is 0 Å². The fourth-order valence-electron chi connectivity index (χ4n) is 0.700. The van der Waals surface area contributed by atoms with Gasteiger partial charge in [0.25, 0.3) is 5.56 Å². The van der Waals surface area contributed by atoms with E-state index in [0.717, 1.165) is 4.57 Å². The molecule has 0 aliphatic heterocycles. The van der Waals surface area contributed by atoms with Crippen LogP contribution in [0.5, 0.6) is 0 Å². The van der Waals surface area contributed by atoms with Crippen molar-refractivity contribution in [3.05, 3.63) is 33.1 Å². The molecule has 5 nitrogen and oxygen atoms in total. The highest BCUT2D eigenvalue weighted by atomic mass is 16.2. The van der Waals surface area contributed by atoms with Crippen LogP contribution in [0.1, 0.15) is 0 Å². The molecule has 0 saturated carbocycles. The summed E-state index contributed by atoms with van der Waals surface area (Å²) >= 11 is 0. The Morgan fingerprint density at radius 3 is 2.82 bits per heavy atom. The van der Waals surface area contributed by atoms with Crippen LogP contribution in [0.25, 0.3) is 0 Å². The van der Waals surface area contributed by atoms with Gasteiger partial charge in [-0.15, -0.1) is 0 Å². The van der Waals surface area contributed by atoms with Crippen LogP contribution in [-0.4, -0.2) is 15.8 Å². The Balaban J connectivity index is 3.32. The summed E-state index contributed by atoms with van der Waals surface area (Å²) < 4.78 is 0.812. The quantitative estimate of drug-likeness (QED) is 0.540. The molecule has 5 heteroatoms. The SMILES string of the molecule is O=CCn1c(=O)cc[nH]c1=O. The lowest BCUT2D eigenvalue weighted by molar-refractivity contribution is -0.108. The fraction of sp³-hybridized carbons (Fsp3) is 0.167. The molecule has 0 aromatic carbocycles. The van der Waals surface area contributed by atoms with Crippen molar-refractivity contribution in [2.45, 2.75) is 6.54 Å². The number of rotatable bonds is 2. The summed E-state index contributed by atoms with van der Waals surface area (Å²) in [7, 11) is 0. The molecule has 0 spiro atoms. The van der Waals surface area contributed by atoms with Crippen LogP contribution < -0.4 is 11.2 Å². The van der Waals surface area contributed by atoms with Crippen molar-refractivity contribution < 1.29 is 4.79 Å². The van der Waals surface area contributed by atoms with E-state index in [1.807, 2.05) is 0 Å². The van der Waals surface area contributed by atoms with Crippen LogP contribution >= 0.6 is 0 Å². The number of carbonyl (C=O) groups excluding carboxylic acids is 1. The Bertz CT molecular complexity index is 334. The lowest BCUT2D eigenvalue weighted by Gasteiger charge is -1.94. The maximum atomic E-state index is 10.8. The van der Waals surface area contributed by atoms with E-state index >= 15 is 0 Å². The normalized spacial score (nSPS) is 9.45. The van der Waals surface area contributed by atoms with Gasteiger partial charge >= 0.3 is 5.69 Å². The minimum atomic E-state index is -0.565. The summed E-state index contributed by atoms with van der Waals surface area (Å²) in [5, 5.41) is 0. The van der Waals surface area contributed by atoms with E-state index in [1.54, 1.807) is 0 Å². The van der Waals surface area contributed by atoms with E-state index in [-0.39, 0.29) is 6.54 Å². The molecule has 1 aromatic rings. The molecular formula is C6H6N2O3. The molecule has 1 heterocycles. The molecule has 0 bridgehead atoms. The first-order valence-electron chi connectivity index (χ1n) is 2.98. The molecule has 58 valence electrons. The molecule has 1 rings (SSSR count). The van der Waals surface area contributed by atoms with E-state index in [0.29, 0.717) is 6.29 Å². The Morgan fingerprint density at radius 2 is 2.27 bits per heavy atom. The Hall–Kier alpha value is -1.65. The molecule has 1 N–H and O–H groups in total. The van der Waals surface area contributed by atoms with Crippen LogP contribution in [0.15, 0.2) is 21.9 Å². The minimum Gasteiger partial charge on any atom is -0.314 e. The summed E-state index contributed by atoms with van der Waals surface area (Å²) in [6.07, 6.45) is 1.74. The van der Waals surface area contributed by atoms with Gasteiger partial charge in [-0.2, -0.15) is 0 Å². The zero-order chi connectivity index (χ0) is 8.27. The van der Waals surface area contributed by atoms with E-state index < -0.39 is 11.2 Å². The van der Waals surface area contributed by atoms with Gasteiger partial charge in [-0.25, -0.2) is 4.79 Å². The smallest absolute Gasteiger partial charge is 0.314 e. The molecule has 0 aliphatic carbocycles. The Labute approximate surface area is 61.3 Å². The standard InChI is InChI=1S/C6H6N2O3/c9-4-3-8-5(10)1-2-7-6(8)11/h1-2,4H,3H2,(H,7,11). The maximum absolute atomic E-state index is 10.8. The highest BCUT2D eigenvalue weighted by Crippen LogP contribution is 1.65. The molecule has 1 aromatic heterocycles. The number of carbonyl (C=O) groups is 1. The second kappa shape index (κ2) is 2.96. The van der Waals surface area contributed by atoms with Crippen molar-refractivity contribution in [2.75, 3.05) is 0 Å². The zero-order valence-electron chi connectivity index (χ0n) is 5.61. The molecule has 0 saturated heterocycles. The lowest BCUT2D eigenvalue weighted by Crippen LogP contribution is -2.34. The third-order valence-corrected chi connectivity index (χ3v) is 1.20. The predicted molar refractivity (Wildman–Crippen MR) is 37.4 cm³/mol. The number of nitrogens with one attached hydrogen (secondary N) is 1. The highest BCUT2D eigenvalue weighted by Gasteiger charge is 1.96. The fourth-order valence-corrected chi connectivity index (χ4v) is 0.700. The van der Waals surface area contributed by atoms with Crippen molar-refractivity contribution >= 4 is 6.29 Å². The summed E-state index contributed by atoms with van der Waals surface area (Å²) in [5.74, 6) is 0. The number of nitrogens with zero attached hydrogens (tertiary/aromatic N) is 1. The summed E-state index contributed by atoms with van der Waals surface area (Å²) in [4.78, 5) is 33.8. The second-order valence-electron chi connectivity index (χ2n) is 1.90. The van der Waals surface area contributed by atoms with E-state index in [9.17, 15) is 14.4 Å². The topological polar surface area (TPSA) is 71.9 Å². The van der Waals surface area contributed by atoms with Crippen LogP contribution in [0.4, 0.5) is 0 Å².